The van der Waals surface area contributed by atoms with Gasteiger partial charge in [0.2, 0.25) is 0 Å². The summed E-state index contributed by atoms with van der Waals surface area (Å²) in [7, 11) is 1.84. The molecule has 112 valence electrons. The first-order chi connectivity index (χ1) is 10.0. The molecule has 0 spiro atoms. The summed E-state index contributed by atoms with van der Waals surface area (Å²) in [5.41, 5.74) is 1.57. The van der Waals surface area contributed by atoms with Crippen LogP contribution in [0.3, 0.4) is 0 Å². The summed E-state index contributed by atoms with van der Waals surface area (Å²) in [6.45, 7) is 2.16. The van der Waals surface area contributed by atoms with E-state index in [2.05, 4.69) is 5.32 Å². The fraction of sp³-hybridized carbons (Fsp3) is 0.250. The monoisotopic (exact) mass is 327 g/mol. The molecule has 2 nitrogen and oxygen atoms in total. The van der Waals surface area contributed by atoms with Crippen molar-refractivity contribution in [3.63, 3.8) is 0 Å². The van der Waals surface area contributed by atoms with Crippen molar-refractivity contribution in [3.8, 4) is 5.75 Å². The van der Waals surface area contributed by atoms with Crippen LogP contribution < -0.4 is 10.1 Å². The van der Waals surface area contributed by atoms with Crippen molar-refractivity contribution in [1.82, 2.24) is 5.32 Å². The van der Waals surface area contributed by atoms with Gasteiger partial charge >= 0.3 is 0 Å². The molecule has 0 saturated heterocycles. The molecule has 0 fully saturated rings. The lowest BCUT2D eigenvalue weighted by Gasteiger charge is -2.17. The highest BCUT2D eigenvalue weighted by Crippen LogP contribution is 2.29. The highest BCUT2D eigenvalue weighted by atomic mass is 35.5. The molecule has 2 aromatic rings. The van der Waals surface area contributed by atoms with E-state index in [1.54, 1.807) is 24.3 Å². The smallest absolute Gasteiger partial charge is 0.127 e. The minimum absolute atomic E-state index is 0.0438. The number of nitrogens with one attached hydrogen (secondary N) is 1. The van der Waals surface area contributed by atoms with Crippen molar-refractivity contribution in [3.05, 3.63) is 63.4 Å². The normalized spacial score (nSPS) is 12.2. The summed E-state index contributed by atoms with van der Waals surface area (Å²) in [5, 5.41) is 4.17. The quantitative estimate of drug-likeness (QED) is 0.835. The molecule has 21 heavy (non-hydrogen) atoms. The largest absolute Gasteiger partial charge is 0.488 e. The van der Waals surface area contributed by atoms with Gasteiger partial charge < -0.3 is 10.1 Å². The van der Waals surface area contributed by atoms with E-state index < -0.39 is 0 Å². The van der Waals surface area contributed by atoms with Gasteiger partial charge in [-0.15, -0.1) is 0 Å². The Morgan fingerprint density at radius 3 is 2.48 bits per heavy atom. The summed E-state index contributed by atoms with van der Waals surface area (Å²) >= 11 is 12.2. The van der Waals surface area contributed by atoms with Gasteiger partial charge in [-0.2, -0.15) is 0 Å². The maximum absolute atomic E-state index is 13.4. The van der Waals surface area contributed by atoms with Gasteiger partial charge in [0, 0.05) is 33.3 Å². The second-order valence-electron chi connectivity index (χ2n) is 4.68. The number of benzene rings is 2. The van der Waals surface area contributed by atoms with Crippen molar-refractivity contribution in [2.45, 2.75) is 19.6 Å². The number of hydrogen-bond acceptors (Lipinski definition) is 2. The topological polar surface area (TPSA) is 21.3 Å². The van der Waals surface area contributed by atoms with Crippen molar-refractivity contribution in [2.75, 3.05) is 7.05 Å². The molecule has 0 aliphatic carbocycles. The Bertz CT molecular complexity index is 613. The fourth-order valence-electron chi connectivity index (χ4n) is 1.97. The molecule has 0 aliphatic rings. The predicted octanol–water partition coefficient (Wildman–Crippen LogP) is 4.99. The number of ether oxygens (including phenoxy) is 1. The minimum Gasteiger partial charge on any atom is -0.488 e. The number of rotatable bonds is 5. The second-order valence-corrected chi connectivity index (χ2v) is 5.50. The zero-order valence-electron chi connectivity index (χ0n) is 11.8. The van der Waals surface area contributed by atoms with Gasteiger partial charge in [0.1, 0.15) is 18.2 Å². The highest BCUT2D eigenvalue weighted by Gasteiger charge is 2.13. The summed E-state index contributed by atoms with van der Waals surface area (Å²) in [4.78, 5) is 0. The van der Waals surface area contributed by atoms with Gasteiger partial charge in [0.15, 0.2) is 0 Å². The Balaban J connectivity index is 2.25. The molecule has 0 radical (unpaired) electrons. The molecule has 5 heteroatoms. The molecule has 0 bridgehead atoms. The van der Waals surface area contributed by atoms with E-state index in [9.17, 15) is 4.39 Å². The van der Waals surface area contributed by atoms with Gasteiger partial charge in [-0.05, 0) is 32.2 Å². The predicted molar refractivity (Wildman–Crippen MR) is 84.7 cm³/mol. The van der Waals surface area contributed by atoms with Crippen LogP contribution in [0.25, 0.3) is 0 Å². The lowest BCUT2D eigenvalue weighted by atomic mass is 10.1. The second kappa shape index (κ2) is 7.12. The molecule has 1 N–H and O–H groups in total. The number of halogens is 3. The van der Waals surface area contributed by atoms with Gasteiger partial charge in [0.05, 0.1) is 0 Å². The van der Waals surface area contributed by atoms with E-state index in [0.29, 0.717) is 21.4 Å². The molecule has 0 aliphatic heterocycles. The average molecular weight is 328 g/mol. The maximum atomic E-state index is 13.4. The van der Waals surface area contributed by atoms with E-state index in [-0.39, 0.29) is 18.5 Å². The lowest BCUT2D eigenvalue weighted by Crippen LogP contribution is -2.14. The molecule has 0 aromatic heterocycles. The summed E-state index contributed by atoms with van der Waals surface area (Å²) < 4.78 is 19.2. The zero-order valence-corrected chi connectivity index (χ0v) is 13.3. The molecule has 0 amide bonds. The SMILES string of the molecule is CNC(C)c1ccc(F)cc1OCc1c(Cl)cccc1Cl. The Kier molecular flexibility index (Phi) is 5.45. The van der Waals surface area contributed by atoms with E-state index in [0.717, 1.165) is 5.56 Å². The van der Waals surface area contributed by atoms with Crippen molar-refractivity contribution in [2.24, 2.45) is 0 Å². The van der Waals surface area contributed by atoms with Crippen LogP contribution in [0, 0.1) is 5.82 Å². The fourth-order valence-corrected chi connectivity index (χ4v) is 2.47. The van der Waals surface area contributed by atoms with Crippen molar-refractivity contribution in [1.29, 1.82) is 0 Å². The Morgan fingerprint density at radius 2 is 1.86 bits per heavy atom. The Labute approximate surface area is 133 Å². The summed E-state index contributed by atoms with van der Waals surface area (Å²) in [5.74, 6) is 0.134. The van der Waals surface area contributed by atoms with E-state index in [4.69, 9.17) is 27.9 Å². The van der Waals surface area contributed by atoms with Gasteiger partial charge in [-0.3, -0.25) is 0 Å². The molecule has 2 rings (SSSR count). The average Bonchev–Trinajstić information content (AvgIpc) is 2.46. The molecule has 0 saturated carbocycles. The molecule has 1 atom stereocenters. The van der Waals surface area contributed by atoms with Gasteiger partial charge in [0.25, 0.3) is 0 Å². The lowest BCUT2D eigenvalue weighted by molar-refractivity contribution is 0.298. The standard InChI is InChI=1S/C16H16Cl2FNO/c1-10(20-2)12-7-6-11(19)8-16(12)21-9-13-14(17)4-3-5-15(13)18/h3-8,10,20H,9H2,1-2H3. The summed E-state index contributed by atoms with van der Waals surface area (Å²) in [6.07, 6.45) is 0. The molecule has 0 heterocycles. The maximum Gasteiger partial charge on any atom is 0.127 e. The zero-order chi connectivity index (χ0) is 15.4. The first-order valence-electron chi connectivity index (χ1n) is 6.55. The number of hydrogen-bond donors (Lipinski definition) is 1. The Hall–Kier alpha value is -1.29. The molecular formula is C16H16Cl2FNO. The van der Waals surface area contributed by atoms with Crippen LogP contribution in [0.15, 0.2) is 36.4 Å². The van der Waals surface area contributed by atoms with Crippen molar-refractivity contribution < 1.29 is 9.13 Å². The van der Waals surface area contributed by atoms with E-state index >= 15 is 0 Å². The van der Waals surface area contributed by atoms with Crippen LogP contribution in [0.2, 0.25) is 10.0 Å². The van der Waals surface area contributed by atoms with E-state index in [1.165, 1.54) is 12.1 Å². The van der Waals surface area contributed by atoms with Crippen molar-refractivity contribution >= 4 is 23.2 Å². The molecule has 1 unspecified atom stereocenters. The third kappa shape index (κ3) is 3.88. The van der Waals surface area contributed by atoms with Gasteiger partial charge in [-0.25, -0.2) is 4.39 Å². The van der Waals surface area contributed by atoms with Gasteiger partial charge in [-0.1, -0.05) is 35.3 Å². The van der Waals surface area contributed by atoms with Crippen LogP contribution in [0.1, 0.15) is 24.1 Å². The molecule has 2 aromatic carbocycles. The first-order valence-corrected chi connectivity index (χ1v) is 7.31. The van der Waals surface area contributed by atoms with E-state index in [1.807, 2.05) is 14.0 Å². The summed E-state index contributed by atoms with van der Waals surface area (Å²) in [6, 6.07) is 9.79. The van der Waals surface area contributed by atoms with Crippen LogP contribution in [0.5, 0.6) is 5.75 Å². The third-order valence-corrected chi connectivity index (χ3v) is 4.02. The van der Waals surface area contributed by atoms with Crippen LogP contribution in [-0.4, -0.2) is 7.05 Å². The first kappa shape index (κ1) is 16.1. The highest BCUT2D eigenvalue weighted by molar-refractivity contribution is 6.35. The molecular weight excluding hydrogens is 312 g/mol. The van der Waals surface area contributed by atoms with Crippen LogP contribution >= 0.6 is 23.2 Å². The minimum atomic E-state index is -0.345. The third-order valence-electron chi connectivity index (χ3n) is 3.31. The van der Waals surface area contributed by atoms with Crippen LogP contribution in [-0.2, 0) is 6.61 Å². The Morgan fingerprint density at radius 1 is 1.19 bits per heavy atom. The van der Waals surface area contributed by atoms with Crippen LogP contribution in [0.4, 0.5) is 4.39 Å².